The molecule has 450 valence electrons. The van der Waals surface area contributed by atoms with Crippen molar-refractivity contribution in [2.24, 2.45) is 85.8 Å². The zero-order valence-corrected chi connectivity index (χ0v) is 51.5. The van der Waals surface area contributed by atoms with Crippen LogP contribution < -0.4 is 28.4 Å². The van der Waals surface area contributed by atoms with Gasteiger partial charge in [0.05, 0.1) is 19.8 Å². The van der Waals surface area contributed by atoms with Crippen molar-refractivity contribution >= 4 is 50.2 Å². The molecule has 3 aliphatic heterocycles. The van der Waals surface area contributed by atoms with E-state index in [1.165, 1.54) is 57.8 Å². The Labute approximate surface area is 496 Å². The summed E-state index contributed by atoms with van der Waals surface area (Å²) >= 11 is 0. The van der Waals surface area contributed by atoms with Gasteiger partial charge < -0.3 is 42.6 Å². The standard InChI is InChI=1S/C72H90O12/c1-64(2,3)70(34-61(73)76-37-67-25-40-10-41(26-67)12-42(11-40)27-67)79-55-19-49-50(20-56(55)80-70)52-22-58-60(84-72(82-58,66(7,8)9)36-63(75)78-39-69-31-46-16-47(32-69)18-48(17-46)33-69)24-54(52)53-23-59-57(21-51(49)53)81-71(83-59,65(4,5)6)35-62(74)77-38-68-28-43-13-44(29-68)15-45(14-43)30-68/h19-24,40-48H,10-18,25-39H2,1-9H3. The molecule has 0 saturated heterocycles. The summed E-state index contributed by atoms with van der Waals surface area (Å²) in [5.74, 6) is 4.90. The van der Waals surface area contributed by atoms with Gasteiger partial charge in [0.15, 0.2) is 34.5 Å². The third-order valence-corrected chi connectivity index (χ3v) is 24.4. The summed E-state index contributed by atoms with van der Waals surface area (Å²) in [7, 11) is 0. The monoisotopic (exact) mass is 1150 g/mol. The highest BCUT2D eigenvalue weighted by molar-refractivity contribution is 6.27. The number of hydrogen-bond donors (Lipinski definition) is 0. The lowest BCUT2D eigenvalue weighted by atomic mass is 9.50. The number of fused-ring (bicyclic) bond motifs is 9. The van der Waals surface area contributed by atoms with Crippen LogP contribution in [-0.4, -0.2) is 55.1 Å². The van der Waals surface area contributed by atoms with Crippen LogP contribution in [0.3, 0.4) is 0 Å². The first kappa shape index (κ1) is 54.3. The second-order valence-corrected chi connectivity index (χ2v) is 33.9. The summed E-state index contributed by atoms with van der Waals surface area (Å²) in [4.78, 5) is 42.9. The zero-order chi connectivity index (χ0) is 57.9. The van der Waals surface area contributed by atoms with Gasteiger partial charge in [-0.3, -0.25) is 14.4 Å². The van der Waals surface area contributed by atoms with Gasteiger partial charge in [-0.2, -0.15) is 0 Å². The Morgan fingerprint density at radius 3 is 0.655 bits per heavy atom. The first-order valence-corrected chi connectivity index (χ1v) is 32.9. The van der Waals surface area contributed by atoms with Gasteiger partial charge in [0, 0.05) is 32.5 Å². The maximum Gasteiger partial charge on any atom is 0.313 e. The third kappa shape index (κ3) is 8.67. The van der Waals surface area contributed by atoms with E-state index in [-0.39, 0.29) is 53.4 Å². The molecule has 0 atom stereocenters. The van der Waals surface area contributed by atoms with Crippen LogP contribution in [0.1, 0.15) is 197 Å². The van der Waals surface area contributed by atoms with Crippen molar-refractivity contribution in [3.8, 4) is 34.5 Å². The molecule has 12 heteroatoms. The predicted octanol–water partition coefficient (Wildman–Crippen LogP) is 16.1. The number of benzene rings is 4. The number of ether oxygens (including phenoxy) is 9. The highest BCUT2D eigenvalue weighted by Crippen LogP contribution is 2.64. The predicted molar refractivity (Wildman–Crippen MR) is 318 cm³/mol. The molecule has 0 aromatic heterocycles. The van der Waals surface area contributed by atoms with Crippen molar-refractivity contribution in [2.45, 2.75) is 215 Å². The van der Waals surface area contributed by atoms with Gasteiger partial charge in [-0.15, -0.1) is 0 Å². The van der Waals surface area contributed by atoms with Crippen LogP contribution in [0.2, 0.25) is 0 Å². The summed E-state index contributed by atoms with van der Waals surface area (Å²) in [5, 5.41) is 5.15. The van der Waals surface area contributed by atoms with Gasteiger partial charge in [0.25, 0.3) is 17.4 Å². The van der Waals surface area contributed by atoms with E-state index in [1.807, 2.05) is 36.4 Å². The van der Waals surface area contributed by atoms with E-state index in [0.29, 0.717) is 54.3 Å². The van der Waals surface area contributed by atoms with Crippen molar-refractivity contribution in [1.82, 2.24) is 0 Å². The molecule has 0 radical (unpaired) electrons. The average Bonchev–Trinajstić information content (AvgIpc) is 1.54. The molecular formula is C72H90O12. The summed E-state index contributed by atoms with van der Waals surface area (Å²) in [5.41, 5.74) is -1.72. The molecule has 12 saturated carbocycles. The molecule has 12 aliphatic carbocycles. The smallest absolute Gasteiger partial charge is 0.313 e. The number of carbonyl (C=O) groups excluding carboxylic acids is 3. The molecule has 0 N–H and O–H groups in total. The molecule has 12 fully saturated rings. The summed E-state index contributed by atoms with van der Waals surface area (Å²) in [6.45, 7) is 19.8. The average molecular weight is 1150 g/mol. The van der Waals surface area contributed by atoms with Crippen molar-refractivity contribution in [3.63, 3.8) is 0 Å². The minimum Gasteiger partial charge on any atom is -0.465 e. The molecular weight excluding hydrogens is 1060 g/mol. The lowest BCUT2D eigenvalue weighted by Crippen LogP contribution is -2.53. The highest BCUT2D eigenvalue weighted by Gasteiger charge is 2.59. The van der Waals surface area contributed by atoms with E-state index >= 15 is 0 Å². The maximum atomic E-state index is 14.3. The van der Waals surface area contributed by atoms with E-state index < -0.39 is 33.6 Å². The molecule has 12 nitrogen and oxygen atoms in total. The number of rotatable bonds is 12. The van der Waals surface area contributed by atoms with E-state index in [9.17, 15) is 14.4 Å². The largest absolute Gasteiger partial charge is 0.465 e. The molecule has 19 rings (SSSR count). The Hall–Kier alpha value is -5.13. The summed E-state index contributed by atoms with van der Waals surface area (Å²) in [6, 6.07) is 12.2. The van der Waals surface area contributed by atoms with Gasteiger partial charge in [-0.25, -0.2) is 0 Å². The van der Waals surface area contributed by atoms with Crippen molar-refractivity contribution in [2.75, 3.05) is 19.8 Å². The summed E-state index contributed by atoms with van der Waals surface area (Å²) in [6.07, 6.45) is 22.1. The maximum absolute atomic E-state index is 14.3. The van der Waals surface area contributed by atoms with Crippen LogP contribution in [-0.2, 0) is 28.6 Å². The van der Waals surface area contributed by atoms with Crippen LogP contribution in [0, 0.1) is 85.8 Å². The Kier molecular flexibility index (Phi) is 11.6. The number of hydrogen-bond acceptors (Lipinski definition) is 12. The normalized spacial score (nSPS) is 38.6. The van der Waals surface area contributed by atoms with Gasteiger partial charge in [-0.05, 0) is 238 Å². The fourth-order valence-electron chi connectivity index (χ4n) is 21.4. The van der Waals surface area contributed by atoms with E-state index in [4.69, 9.17) is 42.6 Å². The molecule has 12 bridgehead atoms. The molecule has 84 heavy (non-hydrogen) atoms. The SMILES string of the molecule is CC(C)(C)C1(CC(=O)OCC23CC4CC(CC(C4)C2)C3)Oc2cc3c4cc5c(cc4c4cc6c(cc4c3cc2O1)OC(CC(=O)OCC12CC3CC(CC(C3)C1)C2)(C(C)(C)C)O6)OC(CC(=O)OCC12CC3CC(CC(C3)C1)C2)(C(C)(C)C)O5. The second-order valence-electron chi connectivity index (χ2n) is 33.9. The molecule has 3 heterocycles. The molecule has 0 spiro atoms. The van der Waals surface area contributed by atoms with Crippen molar-refractivity contribution in [1.29, 1.82) is 0 Å². The van der Waals surface area contributed by atoms with Crippen LogP contribution in [0.15, 0.2) is 36.4 Å². The van der Waals surface area contributed by atoms with Crippen molar-refractivity contribution in [3.05, 3.63) is 36.4 Å². The lowest BCUT2D eigenvalue weighted by molar-refractivity contribution is -0.189. The number of esters is 3. The minimum absolute atomic E-state index is 0.0769. The molecule has 0 unspecified atom stereocenters. The van der Waals surface area contributed by atoms with E-state index in [2.05, 4.69) is 62.3 Å². The Balaban J connectivity index is 0.743. The van der Waals surface area contributed by atoms with E-state index in [1.54, 1.807) is 0 Å². The summed E-state index contributed by atoms with van der Waals surface area (Å²) < 4.78 is 61.3. The second kappa shape index (κ2) is 18.0. The zero-order valence-electron chi connectivity index (χ0n) is 51.5. The van der Waals surface area contributed by atoms with E-state index in [0.717, 1.165) is 143 Å². The van der Waals surface area contributed by atoms with Gasteiger partial charge in [0.2, 0.25) is 0 Å². The van der Waals surface area contributed by atoms with Crippen LogP contribution in [0.4, 0.5) is 0 Å². The first-order chi connectivity index (χ1) is 39.7. The van der Waals surface area contributed by atoms with Gasteiger partial charge in [-0.1, -0.05) is 62.3 Å². The van der Waals surface area contributed by atoms with Crippen LogP contribution in [0.5, 0.6) is 34.5 Å². The topological polar surface area (TPSA) is 134 Å². The molecule has 4 aromatic carbocycles. The number of carbonyl (C=O) groups is 3. The van der Waals surface area contributed by atoms with Crippen molar-refractivity contribution < 1.29 is 57.0 Å². The van der Waals surface area contributed by atoms with Crippen LogP contribution in [0.25, 0.3) is 32.3 Å². The van der Waals surface area contributed by atoms with Gasteiger partial charge >= 0.3 is 17.9 Å². The quantitative estimate of drug-likeness (QED) is 0.0759. The molecule has 4 aromatic rings. The fourth-order valence-corrected chi connectivity index (χ4v) is 21.4. The lowest BCUT2D eigenvalue weighted by Gasteiger charge is -2.56. The molecule has 15 aliphatic rings. The first-order valence-electron chi connectivity index (χ1n) is 32.9. The highest BCUT2D eigenvalue weighted by atomic mass is 16.8. The van der Waals surface area contributed by atoms with Gasteiger partial charge in [0.1, 0.15) is 19.3 Å². The fraction of sp³-hybridized carbons (Fsp3) is 0.708. The Morgan fingerprint density at radius 1 is 0.333 bits per heavy atom. The Bertz CT molecular complexity index is 2840. The Morgan fingerprint density at radius 2 is 0.500 bits per heavy atom. The van der Waals surface area contributed by atoms with Crippen LogP contribution >= 0.6 is 0 Å². The minimum atomic E-state index is -1.36. The third-order valence-electron chi connectivity index (χ3n) is 24.4. The molecule has 0 amide bonds.